The van der Waals surface area contributed by atoms with Crippen LogP contribution in [0.5, 0.6) is 0 Å². The summed E-state index contributed by atoms with van der Waals surface area (Å²) < 4.78 is 0. The van der Waals surface area contributed by atoms with E-state index in [9.17, 15) is 0 Å². The van der Waals surface area contributed by atoms with Crippen LogP contribution in [-0.2, 0) is 19.3 Å². The zero-order valence-corrected chi connectivity index (χ0v) is 11.7. The van der Waals surface area contributed by atoms with Gasteiger partial charge in [0.25, 0.3) is 0 Å². The summed E-state index contributed by atoms with van der Waals surface area (Å²) in [5.74, 6) is 0. The molecule has 0 aliphatic rings. The third-order valence-electron chi connectivity index (χ3n) is 3.37. The first-order valence-electron chi connectivity index (χ1n) is 6.87. The Balaban J connectivity index is 2.30. The van der Waals surface area contributed by atoms with Gasteiger partial charge in [-0.2, -0.15) is 0 Å². The molecule has 4 N–H and O–H groups in total. The van der Waals surface area contributed by atoms with Crippen LogP contribution in [0.1, 0.15) is 36.1 Å². The Morgan fingerprint density at radius 2 is 1.00 bits per heavy atom. The van der Waals surface area contributed by atoms with Gasteiger partial charge in [0.2, 0.25) is 0 Å². The smallest absolute Gasteiger partial charge is 0.0319 e. The van der Waals surface area contributed by atoms with E-state index in [-0.39, 0.29) is 0 Å². The Labute approximate surface area is 115 Å². The lowest BCUT2D eigenvalue weighted by Crippen LogP contribution is -1.97. The Bertz CT molecular complexity index is 522. The Kier molecular flexibility index (Phi) is 4.10. The first-order chi connectivity index (χ1) is 9.10. The molecule has 0 aromatic heterocycles. The van der Waals surface area contributed by atoms with Crippen LogP contribution in [0.3, 0.4) is 0 Å². The number of nitrogen functional groups attached to an aromatic ring is 2. The highest BCUT2D eigenvalue weighted by Crippen LogP contribution is 2.19. The lowest BCUT2D eigenvalue weighted by atomic mass is 9.98. The van der Waals surface area contributed by atoms with Crippen molar-refractivity contribution in [1.82, 2.24) is 0 Å². The van der Waals surface area contributed by atoms with E-state index in [0.29, 0.717) is 0 Å². The van der Waals surface area contributed by atoms with Crippen molar-refractivity contribution in [3.63, 3.8) is 0 Å². The van der Waals surface area contributed by atoms with Gasteiger partial charge in [0, 0.05) is 11.4 Å². The van der Waals surface area contributed by atoms with Crippen molar-refractivity contribution in [2.75, 3.05) is 11.5 Å². The molecular formula is C17H22N2. The first kappa shape index (κ1) is 13.5. The van der Waals surface area contributed by atoms with E-state index in [1.165, 1.54) is 22.3 Å². The number of nitrogens with two attached hydrogens (primary N) is 2. The van der Waals surface area contributed by atoms with Gasteiger partial charge in [-0.15, -0.1) is 0 Å². The largest absolute Gasteiger partial charge is 0.399 e. The molecule has 19 heavy (non-hydrogen) atoms. The van der Waals surface area contributed by atoms with Crippen molar-refractivity contribution in [3.05, 3.63) is 58.7 Å². The number of anilines is 2. The molecule has 2 heteroatoms. The van der Waals surface area contributed by atoms with Crippen molar-refractivity contribution >= 4 is 11.4 Å². The summed E-state index contributed by atoms with van der Waals surface area (Å²) in [6.45, 7) is 4.29. The summed E-state index contributed by atoms with van der Waals surface area (Å²) in [5.41, 5.74) is 18.7. The molecular weight excluding hydrogens is 232 g/mol. The molecule has 2 aromatic carbocycles. The maximum atomic E-state index is 5.95. The predicted molar refractivity (Wildman–Crippen MR) is 83.3 cm³/mol. The molecule has 0 saturated carbocycles. The highest BCUT2D eigenvalue weighted by atomic mass is 14.5. The summed E-state index contributed by atoms with van der Waals surface area (Å²) in [7, 11) is 0. The standard InChI is InChI=1S/C17H22N2/c1-3-12-5-14(10-16(18)8-12)7-15-6-13(4-2)9-17(19)11-15/h5-6,8-11H,3-4,7,18-19H2,1-2H3. The molecule has 2 aromatic rings. The second-order valence-corrected chi connectivity index (χ2v) is 5.05. The van der Waals surface area contributed by atoms with Gasteiger partial charge in [0.15, 0.2) is 0 Å². The molecule has 0 fully saturated rings. The van der Waals surface area contributed by atoms with E-state index >= 15 is 0 Å². The van der Waals surface area contributed by atoms with Crippen LogP contribution in [0.25, 0.3) is 0 Å². The molecule has 2 nitrogen and oxygen atoms in total. The molecule has 0 aliphatic heterocycles. The van der Waals surface area contributed by atoms with Gasteiger partial charge in [0.05, 0.1) is 0 Å². The van der Waals surface area contributed by atoms with Gasteiger partial charge in [-0.3, -0.25) is 0 Å². The summed E-state index contributed by atoms with van der Waals surface area (Å²) in [4.78, 5) is 0. The van der Waals surface area contributed by atoms with Gasteiger partial charge in [-0.1, -0.05) is 26.0 Å². The molecule has 0 unspecified atom stereocenters. The Morgan fingerprint density at radius 1 is 0.632 bits per heavy atom. The van der Waals surface area contributed by atoms with Crippen LogP contribution in [0.2, 0.25) is 0 Å². The fourth-order valence-electron chi connectivity index (χ4n) is 2.43. The van der Waals surface area contributed by atoms with Crippen LogP contribution >= 0.6 is 0 Å². The Morgan fingerprint density at radius 3 is 1.37 bits per heavy atom. The highest BCUT2D eigenvalue weighted by Gasteiger charge is 2.02. The van der Waals surface area contributed by atoms with Gasteiger partial charge in [-0.25, -0.2) is 0 Å². The normalized spacial score (nSPS) is 10.6. The van der Waals surface area contributed by atoms with Crippen molar-refractivity contribution in [1.29, 1.82) is 0 Å². The minimum Gasteiger partial charge on any atom is -0.399 e. The van der Waals surface area contributed by atoms with E-state index in [0.717, 1.165) is 30.6 Å². The second-order valence-electron chi connectivity index (χ2n) is 5.05. The molecule has 0 spiro atoms. The minimum atomic E-state index is 0.842. The molecule has 0 amide bonds. The molecule has 0 saturated heterocycles. The second kappa shape index (κ2) is 5.79. The zero-order chi connectivity index (χ0) is 13.8. The van der Waals surface area contributed by atoms with E-state index in [1.807, 2.05) is 24.3 Å². The fourth-order valence-corrected chi connectivity index (χ4v) is 2.43. The average Bonchev–Trinajstić information content (AvgIpc) is 2.37. The summed E-state index contributed by atoms with van der Waals surface area (Å²) >= 11 is 0. The predicted octanol–water partition coefficient (Wildman–Crippen LogP) is 3.57. The van der Waals surface area contributed by atoms with Gasteiger partial charge in [-0.05, 0) is 65.8 Å². The van der Waals surface area contributed by atoms with Crippen LogP contribution in [0, 0.1) is 0 Å². The monoisotopic (exact) mass is 254 g/mol. The van der Waals surface area contributed by atoms with E-state index in [1.54, 1.807) is 0 Å². The van der Waals surface area contributed by atoms with Crippen LogP contribution < -0.4 is 11.5 Å². The summed E-state index contributed by atoms with van der Waals surface area (Å²) in [5, 5.41) is 0. The van der Waals surface area contributed by atoms with E-state index in [4.69, 9.17) is 11.5 Å². The van der Waals surface area contributed by atoms with Gasteiger partial charge in [0.1, 0.15) is 0 Å². The molecule has 0 radical (unpaired) electrons. The summed E-state index contributed by atoms with van der Waals surface area (Å²) in [6.07, 6.45) is 2.90. The fraction of sp³-hybridized carbons (Fsp3) is 0.294. The van der Waals surface area contributed by atoms with Crippen molar-refractivity contribution < 1.29 is 0 Å². The Hall–Kier alpha value is -1.96. The lowest BCUT2D eigenvalue weighted by molar-refractivity contribution is 1.09. The zero-order valence-electron chi connectivity index (χ0n) is 11.7. The van der Waals surface area contributed by atoms with Gasteiger partial charge < -0.3 is 11.5 Å². The highest BCUT2D eigenvalue weighted by molar-refractivity contribution is 5.49. The van der Waals surface area contributed by atoms with Crippen molar-refractivity contribution in [3.8, 4) is 0 Å². The molecule has 0 aliphatic carbocycles. The SMILES string of the molecule is CCc1cc(N)cc(Cc2cc(N)cc(CC)c2)c1. The molecule has 0 atom stereocenters. The first-order valence-corrected chi connectivity index (χ1v) is 6.87. The average molecular weight is 254 g/mol. The third kappa shape index (κ3) is 3.50. The lowest BCUT2D eigenvalue weighted by Gasteiger charge is -2.09. The van der Waals surface area contributed by atoms with Gasteiger partial charge >= 0.3 is 0 Å². The number of benzene rings is 2. The minimum absolute atomic E-state index is 0.842. The molecule has 2 rings (SSSR count). The van der Waals surface area contributed by atoms with Crippen LogP contribution in [0.4, 0.5) is 11.4 Å². The molecule has 0 heterocycles. The van der Waals surface area contributed by atoms with E-state index in [2.05, 4.69) is 26.0 Å². The summed E-state index contributed by atoms with van der Waals surface area (Å²) in [6, 6.07) is 12.6. The third-order valence-corrected chi connectivity index (χ3v) is 3.37. The maximum Gasteiger partial charge on any atom is 0.0319 e. The van der Waals surface area contributed by atoms with Crippen LogP contribution in [-0.4, -0.2) is 0 Å². The molecule has 0 bridgehead atoms. The number of rotatable bonds is 4. The topological polar surface area (TPSA) is 52.0 Å². The maximum absolute atomic E-state index is 5.95. The number of hydrogen-bond acceptors (Lipinski definition) is 2. The van der Waals surface area contributed by atoms with E-state index < -0.39 is 0 Å². The number of hydrogen-bond donors (Lipinski definition) is 2. The van der Waals surface area contributed by atoms with Crippen molar-refractivity contribution in [2.24, 2.45) is 0 Å². The molecule has 100 valence electrons. The quantitative estimate of drug-likeness (QED) is 0.820. The number of aryl methyl sites for hydroxylation is 2. The van der Waals surface area contributed by atoms with Crippen LogP contribution in [0.15, 0.2) is 36.4 Å². The van der Waals surface area contributed by atoms with Crippen molar-refractivity contribution in [2.45, 2.75) is 33.1 Å².